The summed E-state index contributed by atoms with van der Waals surface area (Å²) < 4.78 is 24.2. The van der Waals surface area contributed by atoms with E-state index in [1.54, 1.807) is 6.26 Å². The Morgan fingerprint density at radius 2 is 1.94 bits per heavy atom. The maximum Gasteiger partial charge on any atom is 0.191 e. The summed E-state index contributed by atoms with van der Waals surface area (Å²) in [5.74, 6) is 1.77. The molecule has 0 radical (unpaired) electrons. The van der Waals surface area contributed by atoms with Crippen molar-refractivity contribution < 1.29 is 18.7 Å². The molecule has 1 saturated heterocycles. The van der Waals surface area contributed by atoms with Gasteiger partial charge >= 0.3 is 0 Å². The lowest BCUT2D eigenvalue weighted by molar-refractivity contribution is 0.114. The van der Waals surface area contributed by atoms with E-state index in [0.29, 0.717) is 24.8 Å². The van der Waals surface area contributed by atoms with Crippen molar-refractivity contribution in [2.45, 2.75) is 38.3 Å². The van der Waals surface area contributed by atoms with Gasteiger partial charge in [0.15, 0.2) is 5.96 Å². The summed E-state index contributed by atoms with van der Waals surface area (Å²) in [7, 11) is 0. The lowest BCUT2D eigenvalue weighted by Gasteiger charge is -2.33. The highest BCUT2D eigenvalue weighted by Crippen LogP contribution is 2.24. The second kappa shape index (κ2) is 14.3. The number of guanidine groups is 1. The zero-order valence-electron chi connectivity index (χ0n) is 18.5. The fraction of sp³-hybridized carbons (Fsp3) is 0.522. The molecule has 0 bridgehead atoms. The Kier molecular flexibility index (Phi) is 11.8. The Morgan fingerprint density at radius 3 is 2.59 bits per heavy atom. The molecule has 32 heavy (non-hydrogen) atoms. The molecule has 3 N–H and O–H groups in total. The van der Waals surface area contributed by atoms with E-state index < -0.39 is 6.10 Å². The van der Waals surface area contributed by atoms with Crippen LogP contribution in [0, 0.1) is 5.82 Å². The second-order valence-corrected chi connectivity index (χ2v) is 7.65. The summed E-state index contributed by atoms with van der Waals surface area (Å²) in [6.07, 6.45) is 4.61. The van der Waals surface area contributed by atoms with E-state index in [4.69, 9.17) is 9.15 Å². The van der Waals surface area contributed by atoms with Crippen molar-refractivity contribution in [1.29, 1.82) is 0 Å². The number of furan rings is 1. The molecular weight excluding hydrogens is 526 g/mol. The summed E-state index contributed by atoms with van der Waals surface area (Å²) in [5.41, 5.74) is 0. The minimum Gasteiger partial charge on any atom is -0.491 e. The van der Waals surface area contributed by atoms with E-state index in [1.807, 2.05) is 19.1 Å². The summed E-state index contributed by atoms with van der Waals surface area (Å²) in [6, 6.07) is 9.78. The first-order valence-corrected chi connectivity index (χ1v) is 11.0. The average Bonchev–Trinajstić information content (AvgIpc) is 3.32. The van der Waals surface area contributed by atoms with Crippen molar-refractivity contribution >= 4 is 29.9 Å². The number of likely N-dealkylation sites (tertiary alicyclic amines) is 1. The summed E-state index contributed by atoms with van der Waals surface area (Å²) in [5, 5.41) is 16.8. The maximum absolute atomic E-state index is 13.0. The van der Waals surface area contributed by atoms with Crippen LogP contribution in [-0.2, 0) is 0 Å². The standard InChI is InChI=1S/C23H33FN4O3.HI/c1-2-25-23(26-15-19(29)17-31-20-10-8-18(24)9-11-20)27-16-21(22-7-6-14-30-22)28-12-4-3-5-13-28;/h6-11,14,19,21,29H,2-5,12-13,15-17H2,1H3,(H2,25,26,27);1H. The number of nitrogens with zero attached hydrogens (tertiary/aromatic N) is 2. The first kappa shape index (κ1) is 26.4. The third-order valence-corrected chi connectivity index (χ3v) is 5.23. The first-order chi connectivity index (χ1) is 15.2. The monoisotopic (exact) mass is 560 g/mol. The number of benzene rings is 1. The predicted molar refractivity (Wildman–Crippen MR) is 134 cm³/mol. The number of aliphatic hydroxyl groups is 1. The molecule has 2 unspecified atom stereocenters. The van der Waals surface area contributed by atoms with Crippen LogP contribution in [0.3, 0.4) is 0 Å². The number of hydrogen-bond acceptors (Lipinski definition) is 5. The molecule has 7 nitrogen and oxygen atoms in total. The molecule has 1 aliphatic rings. The van der Waals surface area contributed by atoms with Gasteiger partial charge in [0, 0.05) is 13.1 Å². The molecule has 9 heteroatoms. The highest BCUT2D eigenvalue weighted by Gasteiger charge is 2.24. The number of ether oxygens (including phenoxy) is 1. The Morgan fingerprint density at radius 1 is 1.19 bits per heavy atom. The molecule has 1 fully saturated rings. The van der Waals surface area contributed by atoms with E-state index in [0.717, 1.165) is 18.8 Å². The van der Waals surface area contributed by atoms with Crippen LogP contribution in [0.5, 0.6) is 5.75 Å². The summed E-state index contributed by atoms with van der Waals surface area (Å²) in [6.45, 7) is 5.74. The van der Waals surface area contributed by atoms with E-state index in [2.05, 4.69) is 20.5 Å². The number of piperidine rings is 1. The molecule has 1 aliphatic heterocycles. The number of aliphatic imine (C=N–C) groups is 1. The number of nitrogens with one attached hydrogen (secondary N) is 2. The normalized spacial score (nSPS) is 16.7. The van der Waals surface area contributed by atoms with E-state index in [1.165, 1.54) is 43.5 Å². The van der Waals surface area contributed by atoms with Crippen LogP contribution in [0.2, 0.25) is 0 Å². The van der Waals surface area contributed by atoms with Gasteiger partial charge in [-0.1, -0.05) is 6.42 Å². The highest BCUT2D eigenvalue weighted by molar-refractivity contribution is 14.0. The molecule has 1 aromatic carbocycles. The Hall–Kier alpha value is -1.85. The van der Waals surface area contributed by atoms with Gasteiger partial charge in [-0.25, -0.2) is 4.39 Å². The lowest BCUT2D eigenvalue weighted by Crippen LogP contribution is -2.44. The summed E-state index contributed by atoms with van der Waals surface area (Å²) in [4.78, 5) is 6.94. The Labute approximate surface area is 206 Å². The smallest absolute Gasteiger partial charge is 0.191 e. The fourth-order valence-electron chi connectivity index (χ4n) is 3.63. The van der Waals surface area contributed by atoms with Gasteiger partial charge < -0.3 is 24.9 Å². The Balaban J connectivity index is 0.00000363. The van der Waals surface area contributed by atoms with Crippen LogP contribution >= 0.6 is 24.0 Å². The molecule has 1 aromatic heterocycles. The number of halogens is 2. The van der Waals surface area contributed by atoms with Crippen LogP contribution in [0.4, 0.5) is 4.39 Å². The van der Waals surface area contributed by atoms with Gasteiger partial charge in [0.25, 0.3) is 0 Å². The molecule has 0 amide bonds. The van der Waals surface area contributed by atoms with Crippen molar-refractivity contribution in [1.82, 2.24) is 15.5 Å². The predicted octanol–water partition coefficient (Wildman–Crippen LogP) is 3.56. The lowest BCUT2D eigenvalue weighted by atomic mass is 10.1. The molecule has 2 atom stereocenters. The van der Waals surface area contributed by atoms with Gasteiger partial charge in [-0.2, -0.15) is 0 Å². The van der Waals surface area contributed by atoms with E-state index >= 15 is 0 Å². The number of rotatable bonds is 10. The molecule has 2 heterocycles. The van der Waals surface area contributed by atoms with Crippen LogP contribution in [0.15, 0.2) is 52.1 Å². The van der Waals surface area contributed by atoms with Crippen molar-refractivity contribution in [3.05, 3.63) is 54.2 Å². The van der Waals surface area contributed by atoms with E-state index in [-0.39, 0.29) is 49.0 Å². The second-order valence-electron chi connectivity index (χ2n) is 7.65. The minimum absolute atomic E-state index is 0. The molecule has 0 spiro atoms. The van der Waals surface area contributed by atoms with Crippen molar-refractivity contribution in [3.8, 4) is 5.75 Å². The van der Waals surface area contributed by atoms with Gasteiger partial charge in [0.1, 0.15) is 30.0 Å². The quantitative estimate of drug-likeness (QED) is 0.234. The van der Waals surface area contributed by atoms with Gasteiger partial charge in [0.05, 0.1) is 18.8 Å². The van der Waals surface area contributed by atoms with Crippen molar-refractivity contribution in [2.75, 3.05) is 39.3 Å². The average molecular weight is 560 g/mol. The Bertz CT molecular complexity index is 783. The first-order valence-electron chi connectivity index (χ1n) is 11.0. The fourth-order valence-corrected chi connectivity index (χ4v) is 3.63. The molecule has 2 aromatic rings. The van der Waals surface area contributed by atoms with Gasteiger partial charge in [-0.05, 0) is 69.3 Å². The zero-order chi connectivity index (χ0) is 21.9. The molecule has 3 rings (SSSR count). The van der Waals surface area contributed by atoms with Crippen LogP contribution < -0.4 is 15.4 Å². The molecular formula is C23H34FIN4O3. The van der Waals surface area contributed by atoms with Crippen molar-refractivity contribution in [3.63, 3.8) is 0 Å². The SMILES string of the molecule is CCNC(=NCC(O)COc1ccc(F)cc1)NCC(c1ccco1)N1CCCCC1.I. The van der Waals surface area contributed by atoms with Gasteiger partial charge in [-0.3, -0.25) is 9.89 Å². The number of hydrogen-bond donors (Lipinski definition) is 3. The summed E-state index contributed by atoms with van der Waals surface area (Å²) >= 11 is 0. The molecule has 178 valence electrons. The van der Waals surface area contributed by atoms with Crippen LogP contribution in [-0.4, -0.2) is 61.4 Å². The topological polar surface area (TPSA) is 82.3 Å². The van der Waals surface area contributed by atoms with Crippen LogP contribution in [0.1, 0.15) is 38.0 Å². The van der Waals surface area contributed by atoms with Gasteiger partial charge in [0.2, 0.25) is 0 Å². The van der Waals surface area contributed by atoms with Gasteiger partial charge in [-0.15, -0.1) is 24.0 Å². The number of aliphatic hydroxyl groups excluding tert-OH is 1. The van der Waals surface area contributed by atoms with E-state index in [9.17, 15) is 9.50 Å². The third kappa shape index (κ3) is 8.59. The minimum atomic E-state index is -0.775. The molecule has 0 aliphatic carbocycles. The highest BCUT2D eigenvalue weighted by atomic mass is 127. The van der Waals surface area contributed by atoms with Crippen LogP contribution in [0.25, 0.3) is 0 Å². The van der Waals surface area contributed by atoms with Crippen molar-refractivity contribution in [2.24, 2.45) is 4.99 Å². The zero-order valence-corrected chi connectivity index (χ0v) is 20.8. The third-order valence-electron chi connectivity index (χ3n) is 5.23. The molecule has 0 saturated carbocycles. The largest absolute Gasteiger partial charge is 0.491 e. The maximum atomic E-state index is 13.0.